The van der Waals surface area contributed by atoms with E-state index in [1.807, 2.05) is 37.2 Å². The van der Waals surface area contributed by atoms with Gasteiger partial charge in [-0.1, -0.05) is 35.3 Å². The van der Waals surface area contributed by atoms with Crippen LogP contribution in [0.2, 0.25) is 10.0 Å². The highest BCUT2D eigenvalue weighted by Gasteiger charge is 2.51. The van der Waals surface area contributed by atoms with Crippen LogP contribution in [-0.2, 0) is 29.6 Å². The molecule has 1 N–H and O–H groups in total. The fraction of sp³-hybridized carbons (Fsp3) is 0.436. The Bertz CT molecular complexity index is 2260. The van der Waals surface area contributed by atoms with Crippen LogP contribution < -0.4 is 5.32 Å². The van der Waals surface area contributed by atoms with Gasteiger partial charge in [-0.15, -0.1) is 0 Å². The molecule has 5 unspecified atom stereocenters. The molecule has 262 valence electrons. The summed E-state index contributed by atoms with van der Waals surface area (Å²) in [5.41, 5.74) is 5.27. The molecule has 2 saturated carbocycles. The summed E-state index contributed by atoms with van der Waals surface area (Å²) in [6.45, 7) is 3.74. The minimum absolute atomic E-state index is 0.0548. The summed E-state index contributed by atoms with van der Waals surface area (Å²) in [5, 5.41) is 20.0. The van der Waals surface area contributed by atoms with Gasteiger partial charge in [-0.3, -0.25) is 9.48 Å². The van der Waals surface area contributed by atoms with Crippen LogP contribution in [0, 0.1) is 35.9 Å². The van der Waals surface area contributed by atoms with Crippen LogP contribution in [0.1, 0.15) is 66.8 Å². The Morgan fingerprint density at radius 1 is 1.18 bits per heavy atom. The van der Waals surface area contributed by atoms with Crippen LogP contribution >= 0.6 is 23.2 Å². The number of nitriles is 1. The Morgan fingerprint density at radius 3 is 2.73 bits per heavy atom. The predicted octanol–water partition coefficient (Wildman–Crippen LogP) is 7.60. The minimum Gasteiger partial charge on any atom is -0.370 e. The zero-order valence-corrected chi connectivity index (χ0v) is 30.0. The molecule has 2 bridgehead atoms. The first kappa shape index (κ1) is 32.9. The molecule has 3 saturated heterocycles. The van der Waals surface area contributed by atoms with Crippen molar-refractivity contribution >= 4 is 50.9 Å². The highest BCUT2D eigenvalue weighted by Crippen LogP contribution is 2.51. The number of hydrogen-bond acceptors (Lipinski definition) is 6. The maximum atomic E-state index is 17.2. The summed E-state index contributed by atoms with van der Waals surface area (Å²) < 4.78 is 27.8. The largest absolute Gasteiger partial charge is 0.370 e. The second-order valence-corrected chi connectivity index (χ2v) is 15.5. The lowest BCUT2D eigenvalue weighted by Crippen LogP contribution is -2.41. The smallest absolute Gasteiger partial charge is 0.226 e. The van der Waals surface area contributed by atoms with Crippen LogP contribution in [0.3, 0.4) is 0 Å². The third-order valence-corrected chi connectivity index (χ3v) is 12.3. The fourth-order valence-corrected chi connectivity index (χ4v) is 9.24. The van der Waals surface area contributed by atoms with Crippen LogP contribution in [-0.4, -0.2) is 55.4 Å². The molecule has 2 aliphatic carbocycles. The monoisotopic (exact) mass is 725 g/mol. The number of nitrogens with one attached hydrogen (secondary N) is 1. The van der Waals surface area contributed by atoms with Gasteiger partial charge in [0.25, 0.3) is 0 Å². The maximum Gasteiger partial charge on any atom is 0.226 e. The Balaban J connectivity index is 1.23. The highest BCUT2D eigenvalue weighted by atomic mass is 35.5. The van der Waals surface area contributed by atoms with E-state index < -0.39 is 5.82 Å². The van der Waals surface area contributed by atoms with E-state index in [4.69, 9.17) is 32.9 Å². The summed E-state index contributed by atoms with van der Waals surface area (Å²) in [7, 11) is 1.89. The number of carbonyl (C=O) groups excluding carboxylic acids is 1. The summed E-state index contributed by atoms with van der Waals surface area (Å²) >= 11 is 13.1. The summed E-state index contributed by atoms with van der Waals surface area (Å²) in [6, 6.07) is 13.8. The van der Waals surface area contributed by atoms with Crippen LogP contribution in [0.25, 0.3) is 32.9 Å². The van der Waals surface area contributed by atoms with Gasteiger partial charge in [0.2, 0.25) is 5.91 Å². The van der Waals surface area contributed by atoms with Crippen LogP contribution in [0.4, 0.5) is 4.39 Å². The second kappa shape index (κ2) is 12.6. The molecule has 2 aromatic carbocycles. The van der Waals surface area contributed by atoms with Gasteiger partial charge in [0.1, 0.15) is 5.52 Å². The first-order valence-electron chi connectivity index (χ1n) is 17.8. The topological polar surface area (TPSA) is 101 Å². The molecule has 0 spiro atoms. The molecule has 6 heterocycles. The molecule has 9 nitrogen and oxygen atoms in total. The zero-order chi connectivity index (χ0) is 35.1. The van der Waals surface area contributed by atoms with Crippen molar-refractivity contribution in [2.24, 2.45) is 18.9 Å². The molecule has 51 heavy (non-hydrogen) atoms. The standard InChI is InChI=1S/C39H38Cl2FN7O2/c1-20-27-16-32(31-15-25(18-48(31)39(50)21-8-9-21)51-19-24-10-12-47(2)46-24)49(37-23-14-30(37)44-17-23)38(27)28-13-22(5-4-11-43)33(35(42)36(28)45-20)26-6-3-7-29(40)34(26)41/h3,6-7,10,12-13,16,21,23,25,30-31,37,44H,4-5,8-9,14-15,17-19H2,1-2H3. The van der Waals surface area contributed by atoms with Gasteiger partial charge >= 0.3 is 0 Å². The van der Waals surface area contributed by atoms with Gasteiger partial charge in [-0.25, -0.2) is 9.37 Å². The number of fused-ring (bicyclic) bond motifs is 4. The van der Waals surface area contributed by atoms with E-state index in [0.717, 1.165) is 48.1 Å². The van der Waals surface area contributed by atoms with E-state index in [9.17, 15) is 10.1 Å². The minimum atomic E-state index is -0.479. The average Bonchev–Trinajstić information content (AvgIpc) is 3.55. The SMILES string of the molecule is Cc1nc2c(F)c(-c3cccc(Cl)c3Cl)c(CCC#N)cc2c2c1cc(C1CC(OCc3ccn(C)n3)CN1C(=O)C1CC1)n2C1C2CNC1C2. The number of likely N-dealkylation sites (tertiary alicyclic amines) is 1. The summed E-state index contributed by atoms with van der Waals surface area (Å²) in [6.07, 6.45) is 5.86. The van der Waals surface area contributed by atoms with E-state index >= 15 is 4.39 Å². The van der Waals surface area contributed by atoms with Crippen LogP contribution in [0.5, 0.6) is 0 Å². The number of nitrogens with zero attached hydrogens (tertiary/aromatic N) is 6. The lowest BCUT2D eigenvalue weighted by Gasteiger charge is -2.39. The summed E-state index contributed by atoms with van der Waals surface area (Å²) in [5.74, 6) is 0.181. The molecule has 1 amide bonds. The van der Waals surface area contributed by atoms with Gasteiger partial charge < -0.3 is 19.5 Å². The lowest BCUT2D eigenvalue weighted by molar-refractivity contribution is -0.134. The fourth-order valence-electron chi connectivity index (χ4n) is 8.85. The van der Waals surface area contributed by atoms with Gasteiger partial charge in [0.05, 0.1) is 52.1 Å². The quantitative estimate of drug-likeness (QED) is 0.168. The Kier molecular flexibility index (Phi) is 8.11. The molecule has 10 rings (SSSR count). The second-order valence-electron chi connectivity index (χ2n) is 14.7. The number of carbonyl (C=O) groups is 1. The molecule has 5 atom stereocenters. The van der Waals surface area contributed by atoms with Crippen molar-refractivity contribution in [1.29, 1.82) is 5.26 Å². The molecule has 5 fully saturated rings. The molecule has 0 radical (unpaired) electrons. The number of pyridine rings is 1. The highest BCUT2D eigenvalue weighted by molar-refractivity contribution is 6.43. The van der Waals surface area contributed by atoms with Gasteiger partial charge in [-0.2, -0.15) is 10.4 Å². The third-order valence-electron chi connectivity index (χ3n) is 11.5. The van der Waals surface area contributed by atoms with Gasteiger partial charge in [0.15, 0.2) is 5.82 Å². The average molecular weight is 727 g/mol. The summed E-state index contributed by atoms with van der Waals surface area (Å²) in [4.78, 5) is 20.9. The van der Waals surface area contributed by atoms with E-state index in [0.29, 0.717) is 64.7 Å². The Labute approximate surface area is 305 Å². The number of ether oxygens (including phenoxy) is 1. The number of halogens is 3. The van der Waals surface area contributed by atoms with Crippen molar-refractivity contribution in [3.8, 4) is 17.2 Å². The van der Waals surface area contributed by atoms with Crippen molar-refractivity contribution in [3.63, 3.8) is 0 Å². The number of rotatable bonds is 9. The molecular weight excluding hydrogens is 688 g/mol. The van der Waals surface area contributed by atoms with E-state index in [-0.39, 0.29) is 53.0 Å². The zero-order valence-electron chi connectivity index (χ0n) is 28.5. The van der Waals surface area contributed by atoms with E-state index in [2.05, 4.69) is 27.1 Å². The van der Waals surface area contributed by atoms with Gasteiger partial charge in [-0.05, 0) is 68.4 Å². The number of benzene rings is 2. The Morgan fingerprint density at radius 2 is 2.02 bits per heavy atom. The normalized spacial score (nSPS) is 24.1. The number of hydrogen-bond donors (Lipinski definition) is 1. The molecule has 5 aliphatic rings. The van der Waals surface area contributed by atoms with Crippen molar-refractivity contribution in [2.75, 3.05) is 13.1 Å². The predicted molar refractivity (Wildman–Crippen MR) is 194 cm³/mol. The third kappa shape index (κ3) is 5.43. The number of aryl methyl sites for hydroxylation is 3. The van der Waals surface area contributed by atoms with Crippen molar-refractivity contribution in [3.05, 3.63) is 81.1 Å². The molecule has 5 aromatic rings. The number of amides is 1. The van der Waals surface area contributed by atoms with E-state index in [1.165, 1.54) is 0 Å². The van der Waals surface area contributed by atoms with Gasteiger partial charge in [0, 0.05) is 84.4 Å². The Hall–Kier alpha value is -4.01. The molecule has 3 aliphatic heterocycles. The molecular formula is C39H38Cl2FN7O2. The lowest BCUT2D eigenvalue weighted by atomic mass is 9.79. The first-order chi connectivity index (χ1) is 24.7. The van der Waals surface area contributed by atoms with Crippen molar-refractivity contribution in [2.45, 2.75) is 76.3 Å². The van der Waals surface area contributed by atoms with Crippen LogP contribution in [0.15, 0.2) is 42.6 Å². The first-order valence-corrected chi connectivity index (χ1v) is 18.6. The molecule has 3 aromatic heterocycles. The van der Waals surface area contributed by atoms with Crippen molar-refractivity contribution < 1.29 is 13.9 Å². The number of aromatic nitrogens is 4. The maximum absolute atomic E-state index is 17.2. The molecule has 12 heteroatoms. The van der Waals surface area contributed by atoms with E-state index in [1.54, 1.807) is 22.9 Å². The van der Waals surface area contributed by atoms with Crippen molar-refractivity contribution in [1.82, 2.24) is 29.5 Å².